The summed E-state index contributed by atoms with van der Waals surface area (Å²) in [6.07, 6.45) is 0. The molecule has 1 aliphatic rings. The Morgan fingerprint density at radius 2 is 2.05 bits per heavy atom. The van der Waals surface area contributed by atoms with Crippen molar-refractivity contribution in [3.63, 3.8) is 0 Å². The van der Waals surface area contributed by atoms with Gasteiger partial charge in [0.05, 0.1) is 6.54 Å². The molecule has 0 aliphatic carbocycles. The number of nitrogens with zero attached hydrogens (tertiary/aromatic N) is 1. The maximum absolute atomic E-state index is 11.4. The molecule has 5 nitrogen and oxygen atoms in total. The van der Waals surface area contributed by atoms with Gasteiger partial charge >= 0.3 is 6.03 Å². The number of rotatable bonds is 4. The summed E-state index contributed by atoms with van der Waals surface area (Å²) in [5.74, 6) is 0.978. The number of hydrogen-bond acceptors (Lipinski definition) is 3. The maximum atomic E-state index is 11.4. The summed E-state index contributed by atoms with van der Waals surface area (Å²) >= 11 is 0. The lowest BCUT2D eigenvalue weighted by Crippen LogP contribution is -2.31. The molecule has 0 bridgehead atoms. The van der Waals surface area contributed by atoms with Gasteiger partial charge < -0.3 is 20.1 Å². The highest BCUT2D eigenvalue weighted by molar-refractivity contribution is 5.85. The van der Waals surface area contributed by atoms with Crippen molar-refractivity contribution in [2.24, 2.45) is 0 Å². The van der Waals surface area contributed by atoms with Crippen LogP contribution >= 0.6 is 0 Å². The van der Waals surface area contributed by atoms with Gasteiger partial charge in [0, 0.05) is 13.1 Å². The van der Waals surface area contributed by atoms with Crippen LogP contribution in [0.4, 0.5) is 4.79 Å². The molecule has 2 aromatic carbocycles. The minimum atomic E-state index is -0.0305. The third-order valence-electron chi connectivity index (χ3n) is 3.37. The predicted molar refractivity (Wildman–Crippen MR) is 76.1 cm³/mol. The molecule has 0 spiro atoms. The second-order valence-electron chi connectivity index (χ2n) is 4.76. The fourth-order valence-electron chi connectivity index (χ4n) is 2.30. The SMILES string of the molecule is O=C1NCCN1CCOc1ccc2ccc(O)cc2c1. The van der Waals surface area contributed by atoms with Gasteiger partial charge in [0.2, 0.25) is 0 Å². The van der Waals surface area contributed by atoms with Crippen molar-refractivity contribution in [1.29, 1.82) is 0 Å². The molecule has 2 amide bonds. The lowest BCUT2D eigenvalue weighted by Gasteiger charge is -2.14. The van der Waals surface area contributed by atoms with E-state index in [2.05, 4.69) is 5.32 Å². The highest BCUT2D eigenvalue weighted by Crippen LogP contribution is 2.24. The molecule has 2 aromatic rings. The molecule has 0 saturated carbocycles. The monoisotopic (exact) mass is 272 g/mol. The van der Waals surface area contributed by atoms with Crippen molar-refractivity contribution in [1.82, 2.24) is 10.2 Å². The zero-order valence-corrected chi connectivity index (χ0v) is 11.0. The number of amides is 2. The van der Waals surface area contributed by atoms with Crippen molar-refractivity contribution in [3.05, 3.63) is 36.4 Å². The van der Waals surface area contributed by atoms with Gasteiger partial charge in [0.25, 0.3) is 0 Å². The molecule has 0 atom stereocenters. The molecule has 0 radical (unpaired) electrons. The first kappa shape index (κ1) is 12.6. The fraction of sp³-hybridized carbons (Fsp3) is 0.267. The van der Waals surface area contributed by atoms with E-state index >= 15 is 0 Å². The Bertz CT molecular complexity index is 642. The second kappa shape index (κ2) is 5.28. The van der Waals surface area contributed by atoms with E-state index < -0.39 is 0 Å². The zero-order valence-electron chi connectivity index (χ0n) is 11.0. The van der Waals surface area contributed by atoms with Crippen LogP contribution in [0, 0.1) is 0 Å². The van der Waals surface area contributed by atoms with Crippen LogP contribution in [0.15, 0.2) is 36.4 Å². The molecule has 3 rings (SSSR count). The Morgan fingerprint density at radius 3 is 2.85 bits per heavy atom. The van der Waals surface area contributed by atoms with Gasteiger partial charge in [0.1, 0.15) is 18.1 Å². The smallest absolute Gasteiger partial charge is 0.317 e. The van der Waals surface area contributed by atoms with Gasteiger partial charge in [-0.05, 0) is 35.0 Å². The van der Waals surface area contributed by atoms with Gasteiger partial charge in [-0.25, -0.2) is 4.79 Å². The van der Waals surface area contributed by atoms with E-state index in [0.717, 1.165) is 23.1 Å². The largest absolute Gasteiger partial charge is 0.508 e. The third-order valence-corrected chi connectivity index (χ3v) is 3.37. The number of carbonyl (C=O) groups is 1. The zero-order chi connectivity index (χ0) is 13.9. The first-order chi connectivity index (χ1) is 9.72. The number of carbonyl (C=O) groups excluding carboxylic acids is 1. The van der Waals surface area contributed by atoms with Crippen LogP contribution in [0.2, 0.25) is 0 Å². The molecule has 2 N–H and O–H groups in total. The van der Waals surface area contributed by atoms with Crippen molar-refractivity contribution in [2.75, 3.05) is 26.2 Å². The molecule has 0 aromatic heterocycles. The van der Waals surface area contributed by atoms with Crippen molar-refractivity contribution >= 4 is 16.8 Å². The summed E-state index contributed by atoms with van der Waals surface area (Å²) in [4.78, 5) is 13.1. The highest BCUT2D eigenvalue weighted by Gasteiger charge is 2.18. The van der Waals surface area contributed by atoms with E-state index in [1.807, 2.05) is 24.3 Å². The van der Waals surface area contributed by atoms with Crippen LogP contribution in [0.1, 0.15) is 0 Å². The molecule has 1 aliphatic heterocycles. The van der Waals surface area contributed by atoms with E-state index in [4.69, 9.17) is 4.74 Å². The molecule has 20 heavy (non-hydrogen) atoms. The van der Waals surface area contributed by atoms with E-state index in [-0.39, 0.29) is 11.8 Å². The number of fused-ring (bicyclic) bond motifs is 1. The molecule has 104 valence electrons. The van der Waals surface area contributed by atoms with Gasteiger partial charge in [-0.3, -0.25) is 0 Å². The lowest BCUT2D eigenvalue weighted by molar-refractivity contribution is 0.202. The van der Waals surface area contributed by atoms with Gasteiger partial charge in [-0.1, -0.05) is 12.1 Å². The highest BCUT2D eigenvalue weighted by atomic mass is 16.5. The molecule has 5 heteroatoms. The van der Waals surface area contributed by atoms with Gasteiger partial charge in [-0.2, -0.15) is 0 Å². The van der Waals surface area contributed by atoms with E-state index in [9.17, 15) is 9.90 Å². The first-order valence-electron chi connectivity index (χ1n) is 6.61. The Morgan fingerprint density at radius 1 is 1.20 bits per heavy atom. The Balaban J connectivity index is 1.64. The summed E-state index contributed by atoms with van der Waals surface area (Å²) in [5.41, 5.74) is 0. The minimum absolute atomic E-state index is 0.0305. The summed E-state index contributed by atoms with van der Waals surface area (Å²) < 4.78 is 5.66. The van der Waals surface area contributed by atoms with Crippen molar-refractivity contribution < 1.29 is 14.6 Å². The molecule has 0 unspecified atom stereocenters. The lowest BCUT2D eigenvalue weighted by atomic mass is 10.1. The van der Waals surface area contributed by atoms with Crippen LogP contribution in [0.5, 0.6) is 11.5 Å². The van der Waals surface area contributed by atoms with E-state index in [0.29, 0.717) is 19.7 Å². The predicted octanol–water partition coefficient (Wildman–Crippen LogP) is 1.95. The van der Waals surface area contributed by atoms with Gasteiger partial charge in [-0.15, -0.1) is 0 Å². The van der Waals surface area contributed by atoms with Crippen LogP contribution < -0.4 is 10.1 Å². The summed E-state index contributed by atoms with van der Waals surface area (Å²) in [6, 6.07) is 10.9. The molecule has 1 heterocycles. The van der Waals surface area contributed by atoms with E-state index in [1.165, 1.54) is 0 Å². The number of ether oxygens (including phenoxy) is 1. The van der Waals surface area contributed by atoms with Crippen LogP contribution in [-0.2, 0) is 0 Å². The molecule has 1 fully saturated rings. The van der Waals surface area contributed by atoms with Crippen LogP contribution in [0.25, 0.3) is 10.8 Å². The average Bonchev–Trinajstić information content (AvgIpc) is 2.84. The molecular formula is C15H16N2O3. The number of benzene rings is 2. The second-order valence-corrected chi connectivity index (χ2v) is 4.76. The summed E-state index contributed by atoms with van der Waals surface area (Å²) in [6.45, 7) is 2.46. The number of hydrogen-bond donors (Lipinski definition) is 2. The first-order valence-corrected chi connectivity index (χ1v) is 6.61. The molecular weight excluding hydrogens is 256 g/mol. The summed E-state index contributed by atoms with van der Waals surface area (Å²) in [5, 5.41) is 14.2. The maximum Gasteiger partial charge on any atom is 0.317 e. The Hall–Kier alpha value is -2.43. The fourth-order valence-corrected chi connectivity index (χ4v) is 2.30. The Labute approximate surface area is 116 Å². The quantitative estimate of drug-likeness (QED) is 0.894. The number of nitrogens with one attached hydrogen (secondary N) is 1. The number of phenolic OH excluding ortho intramolecular Hbond substituents is 1. The standard InChI is InChI=1S/C15H16N2O3/c18-13-3-1-11-2-4-14(10-12(11)9-13)20-8-7-17-6-5-16-15(17)19/h1-4,9-10,18H,5-8H2,(H,16,19). The topological polar surface area (TPSA) is 61.8 Å². The number of phenols is 1. The van der Waals surface area contributed by atoms with Crippen molar-refractivity contribution in [3.8, 4) is 11.5 Å². The number of urea groups is 1. The van der Waals surface area contributed by atoms with Crippen LogP contribution in [-0.4, -0.2) is 42.3 Å². The van der Waals surface area contributed by atoms with Crippen LogP contribution in [0.3, 0.4) is 0 Å². The van der Waals surface area contributed by atoms with E-state index in [1.54, 1.807) is 17.0 Å². The molecule has 1 saturated heterocycles. The number of aromatic hydroxyl groups is 1. The summed E-state index contributed by atoms with van der Waals surface area (Å²) in [7, 11) is 0. The third kappa shape index (κ3) is 2.61. The Kier molecular flexibility index (Phi) is 3.33. The van der Waals surface area contributed by atoms with Gasteiger partial charge in [0.15, 0.2) is 0 Å². The van der Waals surface area contributed by atoms with Crippen molar-refractivity contribution in [2.45, 2.75) is 0 Å². The normalized spacial score (nSPS) is 14.6. The average molecular weight is 272 g/mol. The minimum Gasteiger partial charge on any atom is -0.508 e.